The van der Waals surface area contributed by atoms with Crippen LogP contribution < -0.4 is 10.9 Å². The molecular weight excluding hydrogens is 526 g/mol. The number of amides is 4. The number of hydrogen-bond acceptors (Lipinski definition) is 8. The molecule has 2 N–H and O–H groups in total. The van der Waals surface area contributed by atoms with Gasteiger partial charge in [-0.3, -0.25) is 20.4 Å². The molecule has 0 unspecified atom stereocenters. The molecule has 0 aromatic heterocycles. The van der Waals surface area contributed by atoms with Crippen molar-refractivity contribution in [2.24, 2.45) is 0 Å². The molecule has 2 rings (SSSR count). The molecule has 2 aliphatic heterocycles. The van der Waals surface area contributed by atoms with Gasteiger partial charge < -0.3 is 4.90 Å². The number of unbranched alkanes of at least 4 members (excludes halogenated alkanes) is 3. The summed E-state index contributed by atoms with van der Waals surface area (Å²) in [6, 6.07) is -2.09. The standard InChI is InChI=1S/C26H49N5O7S/c1-6-11-17-26(16-9-4,18-12-7-2)30(19-13-8-3)37-39(35,36)38-31-21-14-15-22(29(20-21)25(31)34)24(33)28-27-23(32)10-5/h21-22H,6-20H2,1-5H3,(H,27,32)(H,28,33)/t21-,22+/m1/s1. The van der Waals surface area contributed by atoms with Crippen LogP contribution in [0.4, 0.5) is 4.79 Å². The van der Waals surface area contributed by atoms with E-state index in [2.05, 4.69) is 31.6 Å². The zero-order valence-electron chi connectivity index (χ0n) is 24.4. The zero-order valence-corrected chi connectivity index (χ0v) is 25.2. The van der Waals surface area contributed by atoms with Gasteiger partial charge in [0.2, 0.25) is 5.91 Å². The van der Waals surface area contributed by atoms with Gasteiger partial charge in [-0.2, -0.15) is 22.8 Å². The maximum absolute atomic E-state index is 13.3. The molecule has 2 aliphatic rings. The maximum atomic E-state index is 13.3. The van der Waals surface area contributed by atoms with Crippen molar-refractivity contribution in [1.29, 1.82) is 0 Å². The first-order valence-corrected chi connectivity index (χ1v) is 16.0. The van der Waals surface area contributed by atoms with Crippen molar-refractivity contribution >= 4 is 28.2 Å². The smallest absolute Gasteiger partial charge is 0.309 e. The van der Waals surface area contributed by atoms with Crippen LogP contribution in [-0.2, 0) is 28.6 Å². The first kappa shape index (κ1) is 33.2. The zero-order chi connectivity index (χ0) is 29.1. The maximum Gasteiger partial charge on any atom is 0.437 e. The van der Waals surface area contributed by atoms with Gasteiger partial charge in [-0.05, 0) is 38.5 Å². The Bertz CT molecular complexity index is 908. The van der Waals surface area contributed by atoms with Gasteiger partial charge in [0.05, 0.1) is 6.04 Å². The predicted octanol–water partition coefficient (Wildman–Crippen LogP) is 3.94. The summed E-state index contributed by atoms with van der Waals surface area (Å²) in [6.45, 7) is 10.6. The van der Waals surface area contributed by atoms with E-state index in [1.165, 1.54) is 4.90 Å². The van der Waals surface area contributed by atoms with E-state index in [0.29, 0.717) is 19.4 Å². The van der Waals surface area contributed by atoms with E-state index in [9.17, 15) is 22.8 Å². The first-order valence-electron chi connectivity index (χ1n) is 14.7. The van der Waals surface area contributed by atoms with E-state index in [4.69, 9.17) is 8.57 Å². The van der Waals surface area contributed by atoms with Crippen molar-refractivity contribution in [3.8, 4) is 0 Å². The molecule has 0 aromatic rings. The third kappa shape index (κ3) is 9.02. The lowest BCUT2D eigenvalue weighted by atomic mass is 9.82. The summed E-state index contributed by atoms with van der Waals surface area (Å²) in [5, 5.41) is 2.44. The normalized spacial score (nSPS) is 19.6. The highest BCUT2D eigenvalue weighted by Gasteiger charge is 2.50. The van der Waals surface area contributed by atoms with Crippen molar-refractivity contribution in [3.05, 3.63) is 0 Å². The SMILES string of the molecule is CCCCN(OS(=O)(=O)ON1C(=O)N2C[C@H]1CC[C@H]2C(=O)NNC(=O)CC)C(CCC)(CCCC)CCCC. The number of hydrogen-bond donors (Lipinski definition) is 2. The molecule has 2 bridgehead atoms. The Kier molecular flexibility index (Phi) is 13.4. The van der Waals surface area contributed by atoms with Crippen molar-refractivity contribution in [1.82, 2.24) is 25.9 Å². The highest BCUT2D eigenvalue weighted by Crippen LogP contribution is 2.36. The van der Waals surface area contributed by atoms with Crippen molar-refractivity contribution in [2.75, 3.05) is 13.1 Å². The first-order chi connectivity index (χ1) is 18.6. The minimum absolute atomic E-state index is 0.139. The van der Waals surface area contributed by atoms with Crippen molar-refractivity contribution in [3.63, 3.8) is 0 Å². The molecule has 0 spiro atoms. The van der Waals surface area contributed by atoms with Crippen molar-refractivity contribution < 1.29 is 31.4 Å². The van der Waals surface area contributed by atoms with Gasteiger partial charge in [-0.1, -0.05) is 73.1 Å². The van der Waals surface area contributed by atoms with E-state index in [1.807, 2.05) is 6.92 Å². The highest BCUT2D eigenvalue weighted by atomic mass is 32.3. The van der Waals surface area contributed by atoms with Gasteiger partial charge in [-0.15, -0.1) is 4.28 Å². The lowest BCUT2D eigenvalue weighted by Gasteiger charge is -2.43. The number of nitrogens with zero attached hydrogens (tertiary/aromatic N) is 3. The summed E-state index contributed by atoms with van der Waals surface area (Å²) in [6.07, 6.45) is 9.63. The number of hydrazine groups is 1. The van der Waals surface area contributed by atoms with E-state index in [1.54, 1.807) is 12.0 Å². The van der Waals surface area contributed by atoms with Crippen LogP contribution in [0.25, 0.3) is 0 Å². The average molecular weight is 576 g/mol. The summed E-state index contributed by atoms with van der Waals surface area (Å²) in [7, 11) is -4.63. The van der Waals surface area contributed by atoms with Gasteiger partial charge in [-0.25, -0.2) is 4.79 Å². The topological polar surface area (TPSA) is 138 Å². The minimum Gasteiger partial charge on any atom is -0.309 e. The van der Waals surface area contributed by atoms with Crippen LogP contribution in [0.5, 0.6) is 0 Å². The second kappa shape index (κ2) is 15.7. The number of urea groups is 1. The average Bonchev–Trinajstić information content (AvgIpc) is 3.15. The molecule has 0 saturated carbocycles. The summed E-state index contributed by atoms with van der Waals surface area (Å²) >= 11 is 0. The Morgan fingerprint density at radius 3 is 2.15 bits per heavy atom. The number of fused-ring (bicyclic) bond motifs is 2. The summed E-state index contributed by atoms with van der Waals surface area (Å²) in [4.78, 5) is 38.5. The molecule has 2 heterocycles. The molecule has 226 valence electrons. The van der Waals surface area contributed by atoms with Crippen LogP contribution in [0, 0.1) is 0 Å². The number of carbonyl (C=O) groups excluding carboxylic acids is 3. The fourth-order valence-electron chi connectivity index (χ4n) is 5.41. The molecule has 0 aliphatic carbocycles. The number of piperidine rings is 1. The minimum atomic E-state index is -4.63. The van der Waals surface area contributed by atoms with E-state index >= 15 is 0 Å². The monoisotopic (exact) mass is 575 g/mol. The van der Waals surface area contributed by atoms with Crippen LogP contribution >= 0.6 is 0 Å². The number of hydroxylamine groups is 4. The van der Waals surface area contributed by atoms with E-state index in [0.717, 1.165) is 69.3 Å². The lowest BCUT2D eigenvalue weighted by Crippen LogP contribution is -2.54. The molecule has 39 heavy (non-hydrogen) atoms. The van der Waals surface area contributed by atoms with Crippen LogP contribution in [0.3, 0.4) is 0 Å². The Morgan fingerprint density at radius 2 is 1.59 bits per heavy atom. The molecular formula is C26H49N5O7S. The fraction of sp³-hybridized carbons (Fsp3) is 0.885. The summed E-state index contributed by atoms with van der Waals surface area (Å²) < 4.78 is 37.6. The number of nitrogens with one attached hydrogen (secondary N) is 2. The Hall–Kier alpha value is -1.96. The molecule has 0 aromatic carbocycles. The van der Waals surface area contributed by atoms with Crippen LogP contribution in [0.2, 0.25) is 0 Å². The third-order valence-corrected chi connectivity index (χ3v) is 8.28. The van der Waals surface area contributed by atoms with Gasteiger partial charge in [0.25, 0.3) is 5.91 Å². The Morgan fingerprint density at radius 1 is 0.949 bits per heavy atom. The highest BCUT2D eigenvalue weighted by molar-refractivity contribution is 7.81. The molecule has 2 saturated heterocycles. The summed E-state index contributed by atoms with van der Waals surface area (Å²) in [5.41, 5.74) is 4.19. The quantitative estimate of drug-likeness (QED) is 0.235. The van der Waals surface area contributed by atoms with E-state index in [-0.39, 0.29) is 18.9 Å². The fourth-order valence-corrected chi connectivity index (χ4v) is 6.27. The second-order valence-electron chi connectivity index (χ2n) is 10.6. The number of carbonyl (C=O) groups is 3. The molecule has 2 fully saturated rings. The Labute approximate surface area is 234 Å². The predicted molar refractivity (Wildman–Crippen MR) is 147 cm³/mol. The van der Waals surface area contributed by atoms with Gasteiger partial charge in [0.15, 0.2) is 0 Å². The van der Waals surface area contributed by atoms with Crippen LogP contribution in [0.15, 0.2) is 0 Å². The third-order valence-electron chi connectivity index (χ3n) is 7.58. The molecule has 4 amide bonds. The van der Waals surface area contributed by atoms with E-state index < -0.39 is 40.0 Å². The summed E-state index contributed by atoms with van der Waals surface area (Å²) in [5.74, 6) is -0.894. The molecule has 0 radical (unpaired) electrons. The molecule has 2 atom stereocenters. The van der Waals surface area contributed by atoms with Crippen LogP contribution in [0.1, 0.15) is 118 Å². The van der Waals surface area contributed by atoms with Gasteiger partial charge in [0, 0.05) is 25.0 Å². The van der Waals surface area contributed by atoms with Gasteiger partial charge in [0.1, 0.15) is 6.04 Å². The molecule has 12 nitrogen and oxygen atoms in total. The van der Waals surface area contributed by atoms with Gasteiger partial charge >= 0.3 is 16.4 Å². The van der Waals surface area contributed by atoms with Crippen LogP contribution in [-0.4, -0.2) is 72.0 Å². The molecule has 13 heteroatoms. The Balaban J connectivity index is 2.20. The lowest BCUT2D eigenvalue weighted by molar-refractivity contribution is -0.172. The largest absolute Gasteiger partial charge is 0.437 e. The number of rotatable bonds is 18. The second-order valence-corrected chi connectivity index (χ2v) is 11.7. The van der Waals surface area contributed by atoms with Crippen molar-refractivity contribution in [2.45, 2.75) is 136 Å².